The number of thiazole rings is 1. The summed E-state index contributed by atoms with van der Waals surface area (Å²) in [6.07, 6.45) is 6.72. The Balaban J connectivity index is 1.95. The molecular weight excluding hydrogens is 252 g/mol. The number of rotatable bonds is 3. The minimum Gasteiger partial charge on any atom is -0.307 e. The van der Waals surface area contributed by atoms with Crippen LogP contribution in [0.1, 0.15) is 74.5 Å². The van der Waals surface area contributed by atoms with Crippen LogP contribution in [0.3, 0.4) is 0 Å². The van der Waals surface area contributed by atoms with Crippen molar-refractivity contribution >= 4 is 11.3 Å². The smallest absolute Gasteiger partial charge is 0.0900 e. The van der Waals surface area contributed by atoms with E-state index in [0.29, 0.717) is 17.5 Å². The standard InChI is InChI=1S/C16H28N2S/c1-11-15(19-13(3)17-11)12(2)18-14-7-6-9-16(4,5)10-8-14/h12,14,18H,6-10H2,1-5H3. The summed E-state index contributed by atoms with van der Waals surface area (Å²) in [6, 6.07) is 1.12. The maximum absolute atomic E-state index is 4.55. The van der Waals surface area contributed by atoms with Gasteiger partial charge in [0.15, 0.2) is 0 Å². The third-order valence-corrected chi connectivity index (χ3v) is 5.65. The number of hydrogen-bond donors (Lipinski definition) is 1. The Hall–Kier alpha value is -0.410. The maximum Gasteiger partial charge on any atom is 0.0900 e. The van der Waals surface area contributed by atoms with E-state index in [0.717, 1.165) is 0 Å². The topological polar surface area (TPSA) is 24.9 Å². The molecule has 0 radical (unpaired) electrons. The minimum absolute atomic E-state index is 0.442. The normalized spacial score (nSPS) is 25.0. The van der Waals surface area contributed by atoms with E-state index in [2.05, 4.69) is 44.9 Å². The summed E-state index contributed by atoms with van der Waals surface area (Å²) in [5.41, 5.74) is 1.74. The van der Waals surface area contributed by atoms with Gasteiger partial charge in [-0.2, -0.15) is 0 Å². The fourth-order valence-electron chi connectivity index (χ4n) is 3.21. The van der Waals surface area contributed by atoms with Gasteiger partial charge in [0.1, 0.15) is 0 Å². The molecular formula is C16H28N2S. The predicted molar refractivity (Wildman–Crippen MR) is 83.8 cm³/mol. The van der Waals surface area contributed by atoms with E-state index in [4.69, 9.17) is 0 Å². The number of aryl methyl sites for hydroxylation is 2. The third kappa shape index (κ3) is 4.03. The molecule has 0 saturated heterocycles. The molecule has 0 aliphatic heterocycles. The van der Waals surface area contributed by atoms with E-state index in [9.17, 15) is 0 Å². The van der Waals surface area contributed by atoms with Gasteiger partial charge in [0.25, 0.3) is 0 Å². The van der Waals surface area contributed by atoms with E-state index in [-0.39, 0.29) is 0 Å². The Kier molecular flexibility index (Phi) is 4.67. The molecule has 1 saturated carbocycles. The van der Waals surface area contributed by atoms with E-state index in [1.54, 1.807) is 0 Å². The van der Waals surface area contributed by atoms with E-state index < -0.39 is 0 Å². The molecule has 0 bridgehead atoms. The molecule has 2 atom stereocenters. The molecule has 1 aromatic rings. The van der Waals surface area contributed by atoms with Crippen LogP contribution in [0.25, 0.3) is 0 Å². The predicted octanol–water partition coefficient (Wildman–Crippen LogP) is 4.77. The van der Waals surface area contributed by atoms with Crippen molar-refractivity contribution in [2.24, 2.45) is 5.41 Å². The SMILES string of the molecule is Cc1nc(C)c(C(C)NC2CCCC(C)(C)CC2)s1. The molecule has 19 heavy (non-hydrogen) atoms. The average molecular weight is 280 g/mol. The Morgan fingerprint density at radius 2 is 2.00 bits per heavy atom. The molecule has 0 spiro atoms. The van der Waals surface area contributed by atoms with Crippen molar-refractivity contribution in [2.75, 3.05) is 0 Å². The first-order valence-corrected chi connectivity index (χ1v) is 8.39. The molecule has 0 amide bonds. The van der Waals surface area contributed by atoms with Gasteiger partial charge >= 0.3 is 0 Å². The van der Waals surface area contributed by atoms with Crippen LogP contribution in [0.5, 0.6) is 0 Å². The molecule has 1 N–H and O–H groups in total. The number of hydrogen-bond acceptors (Lipinski definition) is 3. The second-order valence-corrected chi connectivity index (χ2v) is 8.10. The highest BCUT2D eigenvalue weighted by Crippen LogP contribution is 2.34. The zero-order valence-electron chi connectivity index (χ0n) is 13.0. The van der Waals surface area contributed by atoms with Crippen LogP contribution >= 0.6 is 11.3 Å². The molecule has 1 aromatic heterocycles. The molecule has 1 fully saturated rings. The fourth-order valence-corrected chi connectivity index (χ4v) is 4.15. The van der Waals surface area contributed by atoms with Crippen molar-refractivity contribution in [1.29, 1.82) is 0 Å². The van der Waals surface area contributed by atoms with Crippen LogP contribution in [0.2, 0.25) is 0 Å². The summed E-state index contributed by atoms with van der Waals surface area (Å²) in [5.74, 6) is 0. The van der Waals surface area contributed by atoms with E-state index in [1.807, 2.05) is 11.3 Å². The van der Waals surface area contributed by atoms with E-state index >= 15 is 0 Å². The van der Waals surface area contributed by atoms with Gasteiger partial charge in [-0.3, -0.25) is 0 Å². The van der Waals surface area contributed by atoms with Crippen LogP contribution in [-0.2, 0) is 0 Å². The largest absolute Gasteiger partial charge is 0.307 e. The highest BCUT2D eigenvalue weighted by Gasteiger charge is 2.25. The fraction of sp³-hybridized carbons (Fsp3) is 0.812. The molecule has 2 nitrogen and oxygen atoms in total. The van der Waals surface area contributed by atoms with Crippen LogP contribution in [-0.4, -0.2) is 11.0 Å². The molecule has 1 aliphatic carbocycles. The van der Waals surface area contributed by atoms with Crippen molar-refractivity contribution in [3.05, 3.63) is 15.6 Å². The summed E-state index contributed by atoms with van der Waals surface area (Å²) < 4.78 is 0. The quantitative estimate of drug-likeness (QED) is 0.807. The number of aromatic nitrogens is 1. The Morgan fingerprint density at radius 3 is 2.63 bits per heavy atom. The summed E-state index contributed by atoms with van der Waals surface area (Å²) in [4.78, 5) is 5.96. The van der Waals surface area contributed by atoms with Gasteiger partial charge in [0.2, 0.25) is 0 Å². The van der Waals surface area contributed by atoms with Gasteiger partial charge in [0.05, 0.1) is 10.7 Å². The number of nitrogens with one attached hydrogen (secondary N) is 1. The minimum atomic E-state index is 0.442. The van der Waals surface area contributed by atoms with Crippen LogP contribution in [0.15, 0.2) is 0 Å². The zero-order chi connectivity index (χ0) is 14.0. The van der Waals surface area contributed by atoms with Gasteiger partial charge in [-0.1, -0.05) is 20.3 Å². The van der Waals surface area contributed by atoms with Crippen LogP contribution < -0.4 is 5.32 Å². The van der Waals surface area contributed by atoms with Crippen LogP contribution in [0, 0.1) is 19.3 Å². The van der Waals surface area contributed by atoms with Crippen LogP contribution in [0.4, 0.5) is 0 Å². The first-order chi connectivity index (χ1) is 8.87. The van der Waals surface area contributed by atoms with E-state index in [1.165, 1.54) is 47.7 Å². The lowest BCUT2D eigenvalue weighted by atomic mass is 9.85. The van der Waals surface area contributed by atoms with Crippen molar-refractivity contribution < 1.29 is 0 Å². The van der Waals surface area contributed by atoms with Crippen molar-refractivity contribution in [1.82, 2.24) is 10.3 Å². The van der Waals surface area contributed by atoms with Crippen molar-refractivity contribution in [3.63, 3.8) is 0 Å². The highest BCUT2D eigenvalue weighted by atomic mass is 32.1. The highest BCUT2D eigenvalue weighted by molar-refractivity contribution is 7.11. The summed E-state index contributed by atoms with van der Waals surface area (Å²) in [7, 11) is 0. The Bertz CT molecular complexity index is 422. The molecule has 1 heterocycles. The molecule has 3 heteroatoms. The monoisotopic (exact) mass is 280 g/mol. The Labute approximate surface area is 122 Å². The first kappa shape index (κ1) is 15.0. The van der Waals surface area contributed by atoms with Crippen molar-refractivity contribution in [3.8, 4) is 0 Å². The number of nitrogens with zero attached hydrogens (tertiary/aromatic N) is 1. The van der Waals surface area contributed by atoms with Crippen molar-refractivity contribution in [2.45, 2.75) is 78.8 Å². The molecule has 108 valence electrons. The van der Waals surface area contributed by atoms with Gasteiger partial charge in [0, 0.05) is 17.0 Å². The Morgan fingerprint density at radius 1 is 1.26 bits per heavy atom. The molecule has 1 aliphatic rings. The second-order valence-electron chi connectivity index (χ2n) is 6.86. The molecule has 0 aromatic carbocycles. The van der Waals surface area contributed by atoms with Gasteiger partial charge in [-0.25, -0.2) is 4.98 Å². The third-order valence-electron chi connectivity index (χ3n) is 4.39. The molecule has 2 unspecified atom stereocenters. The lowest BCUT2D eigenvalue weighted by molar-refractivity contribution is 0.308. The first-order valence-electron chi connectivity index (χ1n) is 7.57. The second kappa shape index (κ2) is 5.92. The maximum atomic E-state index is 4.55. The zero-order valence-corrected chi connectivity index (χ0v) is 13.9. The summed E-state index contributed by atoms with van der Waals surface area (Å²) in [6.45, 7) is 11.3. The lowest BCUT2D eigenvalue weighted by Crippen LogP contribution is -2.31. The molecule has 2 rings (SSSR count). The summed E-state index contributed by atoms with van der Waals surface area (Å²) >= 11 is 1.84. The average Bonchev–Trinajstić information content (AvgIpc) is 2.55. The summed E-state index contributed by atoms with van der Waals surface area (Å²) in [5, 5.41) is 5.02. The van der Waals surface area contributed by atoms with Gasteiger partial charge in [-0.15, -0.1) is 11.3 Å². The van der Waals surface area contributed by atoms with Gasteiger partial charge in [-0.05, 0) is 51.9 Å². The lowest BCUT2D eigenvalue weighted by Gasteiger charge is -2.24. The van der Waals surface area contributed by atoms with Gasteiger partial charge < -0.3 is 5.32 Å².